The van der Waals surface area contributed by atoms with Crippen molar-refractivity contribution in [1.82, 2.24) is 15.2 Å². The number of nitrogens with zero attached hydrogens (tertiary/aromatic N) is 2. The summed E-state index contributed by atoms with van der Waals surface area (Å²) in [6.07, 6.45) is 5.78. The van der Waals surface area contributed by atoms with Crippen molar-refractivity contribution in [3.05, 3.63) is 65.5 Å². The number of hydrogen-bond donors (Lipinski definition) is 1. The molecule has 0 saturated carbocycles. The van der Waals surface area contributed by atoms with Crippen LogP contribution in [0.1, 0.15) is 29.5 Å². The minimum Gasteiger partial charge on any atom is -0.376 e. The number of amides is 2. The molecule has 132 valence electrons. The molecule has 2 heterocycles. The first-order valence-corrected chi connectivity index (χ1v) is 8.80. The lowest BCUT2D eigenvalue weighted by molar-refractivity contribution is 0.108. The van der Waals surface area contributed by atoms with Crippen LogP contribution in [0, 0.1) is 6.92 Å². The Kier molecular flexibility index (Phi) is 6.01. The van der Waals surface area contributed by atoms with E-state index in [1.165, 1.54) is 5.56 Å². The second-order valence-electron chi connectivity index (χ2n) is 6.46. The standard InChI is InChI=1S/C20H25N3O2/c1-16-6-2-3-8-18(16)15-23(14-17-7-4-10-21-12-17)20(24)22-13-19-9-5-11-25-19/h2-4,6-8,10,12,19H,5,9,11,13-15H2,1H3,(H,22,24)/t19-/m0/s1. The van der Waals surface area contributed by atoms with Crippen LogP contribution in [0.15, 0.2) is 48.8 Å². The lowest BCUT2D eigenvalue weighted by Gasteiger charge is -2.25. The summed E-state index contributed by atoms with van der Waals surface area (Å²) in [6.45, 7) is 4.53. The number of ether oxygens (including phenoxy) is 1. The minimum absolute atomic E-state index is 0.0670. The number of pyridine rings is 1. The molecule has 0 unspecified atom stereocenters. The normalized spacial score (nSPS) is 16.6. The predicted molar refractivity (Wildman–Crippen MR) is 97.0 cm³/mol. The van der Waals surface area contributed by atoms with Gasteiger partial charge in [0.25, 0.3) is 0 Å². The van der Waals surface area contributed by atoms with Crippen molar-refractivity contribution in [3.8, 4) is 0 Å². The molecule has 0 spiro atoms. The number of carbonyl (C=O) groups excluding carboxylic acids is 1. The molecule has 1 aromatic carbocycles. The Morgan fingerprint density at radius 3 is 2.88 bits per heavy atom. The number of hydrogen-bond acceptors (Lipinski definition) is 3. The summed E-state index contributed by atoms with van der Waals surface area (Å²) in [7, 11) is 0. The van der Waals surface area contributed by atoms with E-state index in [1.54, 1.807) is 12.4 Å². The molecule has 3 rings (SSSR count). The van der Waals surface area contributed by atoms with E-state index in [2.05, 4.69) is 29.4 Å². The highest BCUT2D eigenvalue weighted by Crippen LogP contribution is 2.14. The largest absolute Gasteiger partial charge is 0.376 e. The SMILES string of the molecule is Cc1ccccc1CN(Cc1cccnc1)C(=O)NC[C@@H]1CCCO1. The molecular formula is C20H25N3O2. The Bertz CT molecular complexity index is 684. The molecule has 0 aliphatic carbocycles. The van der Waals surface area contributed by atoms with Gasteiger partial charge in [-0.05, 0) is 42.5 Å². The zero-order chi connectivity index (χ0) is 17.5. The summed E-state index contributed by atoms with van der Waals surface area (Å²) in [5.41, 5.74) is 3.35. The van der Waals surface area contributed by atoms with Gasteiger partial charge in [-0.2, -0.15) is 0 Å². The average Bonchev–Trinajstić information content (AvgIpc) is 3.15. The topological polar surface area (TPSA) is 54.5 Å². The zero-order valence-electron chi connectivity index (χ0n) is 14.6. The number of urea groups is 1. The Hall–Kier alpha value is -2.40. The second kappa shape index (κ2) is 8.62. The van der Waals surface area contributed by atoms with Crippen molar-refractivity contribution in [2.75, 3.05) is 13.2 Å². The van der Waals surface area contributed by atoms with Gasteiger partial charge in [0, 0.05) is 38.6 Å². The van der Waals surface area contributed by atoms with E-state index in [1.807, 2.05) is 29.2 Å². The van der Waals surface area contributed by atoms with Gasteiger partial charge in [-0.25, -0.2) is 4.79 Å². The van der Waals surface area contributed by atoms with Crippen LogP contribution in [0.3, 0.4) is 0 Å². The summed E-state index contributed by atoms with van der Waals surface area (Å²) in [4.78, 5) is 18.7. The van der Waals surface area contributed by atoms with E-state index < -0.39 is 0 Å². The van der Waals surface area contributed by atoms with Crippen molar-refractivity contribution < 1.29 is 9.53 Å². The highest BCUT2D eigenvalue weighted by molar-refractivity contribution is 5.74. The van der Waals surface area contributed by atoms with Crippen LogP contribution in [-0.4, -0.2) is 35.2 Å². The van der Waals surface area contributed by atoms with E-state index in [4.69, 9.17) is 4.74 Å². The van der Waals surface area contributed by atoms with Crippen molar-refractivity contribution >= 4 is 6.03 Å². The Labute approximate surface area is 149 Å². The van der Waals surface area contributed by atoms with Crippen LogP contribution in [0.5, 0.6) is 0 Å². The van der Waals surface area contributed by atoms with Crippen molar-refractivity contribution in [3.63, 3.8) is 0 Å². The van der Waals surface area contributed by atoms with Gasteiger partial charge in [0.15, 0.2) is 0 Å². The van der Waals surface area contributed by atoms with Crippen LogP contribution in [0.25, 0.3) is 0 Å². The number of benzene rings is 1. The fourth-order valence-corrected chi connectivity index (χ4v) is 3.02. The molecule has 2 aromatic rings. The first-order valence-electron chi connectivity index (χ1n) is 8.80. The molecule has 1 saturated heterocycles. The van der Waals surface area contributed by atoms with Gasteiger partial charge in [-0.3, -0.25) is 4.98 Å². The number of carbonyl (C=O) groups is 1. The third-order valence-corrected chi connectivity index (χ3v) is 4.51. The fraction of sp³-hybridized carbons (Fsp3) is 0.400. The molecule has 2 amide bonds. The predicted octanol–water partition coefficient (Wildman–Crippen LogP) is 3.28. The van der Waals surface area contributed by atoms with E-state index in [0.29, 0.717) is 19.6 Å². The van der Waals surface area contributed by atoms with Gasteiger partial charge >= 0.3 is 6.03 Å². The molecule has 25 heavy (non-hydrogen) atoms. The smallest absolute Gasteiger partial charge is 0.318 e. The molecule has 5 nitrogen and oxygen atoms in total. The van der Waals surface area contributed by atoms with E-state index in [-0.39, 0.29) is 12.1 Å². The lowest BCUT2D eigenvalue weighted by atomic mass is 10.1. The number of nitrogens with one attached hydrogen (secondary N) is 1. The maximum Gasteiger partial charge on any atom is 0.318 e. The highest BCUT2D eigenvalue weighted by Gasteiger charge is 2.19. The van der Waals surface area contributed by atoms with Crippen LogP contribution < -0.4 is 5.32 Å². The molecule has 5 heteroatoms. The Morgan fingerprint density at radius 2 is 2.16 bits per heavy atom. The lowest BCUT2D eigenvalue weighted by Crippen LogP contribution is -2.42. The van der Waals surface area contributed by atoms with Crippen molar-refractivity contribution in [2.45, 2.75) is 39.0 Å². The molecular weight excluding hydrogens is 314 g/mol. The summed E-state index contributed by atoms with van der Waals surface area (Å²) >= 11 is 0. The zero-order valence-corrected chi connectivity index (χ0v) is 14.6. The van der Waals surface area contributed by atoms with Gasteiger partial charge < -0.3 is 15.0 Å². The third-order valence-electron chi connectivity index (χ3n) is 4.51. The van der Waals surface area contributed by atoms with Crippen molar-refractivity contribution in [2.24, 2.45) is 0 Å². The molecule has 1 atom stereocenters. The molecule has 0 bridgehead atoms. The Balaban J connectivity index is 1.68. The highest BCUT2D eigenvalue weighted by atomic mass is 16.5. The molecule has 1 N–H and O–H groups in total. The second-order valence-corrected chi connectivity index (χ2v) is 6.46. The van der Waals surface area contributed by atoms with Gasteiger partial charge in [0.1, 0.15) is 0 Å². The third kappa shape index (κ3) is 5.03. The number of rotatable bonds is 6. The van der Waals surface area contributed by atoms with Crippen LogP contribution >= 0.6 is 0 Å². The molecule has 1 aliphatic heterocycles. The van der Waals surface area contributed by atoms with Gasteiger partial charge in [-0.15, -0.1) is 0 Å². The number of aryl methyl sites for hydroxylation is 1. The fourth-order valence-electron chi connectivity index (χ4n) is 3.02. The maximum absolute atomic E-state index is 12.8. The summed E-state index contributed by atoms with van der Waals surface area (Å²) in [5, 5.41) is 3.03. The quantitative estimate of drug-likeness (QED) is 0.879. The van der Waals surface area contributed by atoms with Crippen LogP contribution in [-0.2, 0) is 17.8 Å². The Morgan fingerprint density at radius 1 is 1.28 bits per heavy atom. The molecule has 0 radical (unpaired) electrons. The average molecular weight is 339 g/mol. The van der Waals surface area contributed by atoms with E-state index in [9.17, 15) is 4.79 Å². The number of aromatic nitrogens is 1. The summed E-state index contributed by atoms with van der Waals surface area (Å²) in [5.74, 6) is 0. The summed E-state index contributed by atoms with van der Waals surface area (Å²) < 4.78 is 5.60. The molecule has 1 aliphatic rings. The minimum atomic E-state index is -0.0670. The van der Waals surface area contributed by atoms with Gasteiger partial charge in [0.05, 0.1) is 6.10 Å². The van der Waals surface area contributed by atoms with Crippen LogP contribution in [0.4, 0.5) is 4.79 Å². The first-order chi connectivity index (χ1) is 12.2. The van der Waals surface area contributed by atoms with Gasteiger partial charge in [0.2, 0.25) is 0 Å². The van der Waals surface area contributed by atoms with Crippen molar-refractivity contribution in [1.29, 1.82) is 0 Å². The van der Waals surface area contributed by atoms with E-state index in [0.717, 1.165) is 30.6 Å². The maximum atomic E-state index is 12.8. The molecule has 1 aromatic heterocycles. The summed E-state index contributed by atoms with van der Waals surface area (Å²) in [6, 6.07) is 12.0. The monoisotopic (exact) mass is 339 g/mol. The molecule has 1 fully saturated rings. The van der Waals surface area contributed by atoms with Crippen LogP contribution in [0.2, 0.25) is 0 Å². The van der Waals surface area contributed by atoms with Gasteiger partial charge in [-0.1, -0.05) is 30.3 Å². The first kappa shape index (κ1) is 17.4. The van der Waals surface area contributed by atoms with E-state index >= 15 is 0 Å².